The summed E-state index contributed by atoms with van der Waals surface area (Å²) in [5.41, 5.74) is 1.66. The molecule has 0 unspecified atom stereocenters. The standard InChI is InChI=1S/C24H29N3O6S/c1-17(24(31)26-18-4-6-19(7-5-18)27-12-14-32-15-13-27)33-23(30)10-11-25-22(29)9-8-20(28)21-3-2-16-34-21/h2-7,16-17H,8-15H2,1H3,(H,25,29)(H,26,31)/t17-/m0/s1. The molecule has 0 aliphatic carbocycles. The lowest BCUT2D eigenvalue weighted by Crippen LogP contribution is -2.36. The number of carbonyl (C=O) groups excluding carboxylic acids is 4. The maximum Gasteiger partial charge on any atom is 0.308 e. The van der Waals surface area contributed by atoms with E-state index in [-0.39, 0.29) is 37.5 Å². The Kier molecular flexibility index (Phi) is 9.60. The molecule has 1 saturated heterocycles. The molecule has 0 spiro atoms. The van der Waals surface area contributed by atoms with Gasteiger partial charge in [-0.1, -0.05) is 6.07 Å². The number of Topliss-reactive ketones (excluding diaryl/α,β-unsaturated/α-hetero) is 1. The van der Waals surface area contributed by atoms with Crippen LogP contribution in [0.4, 0.5) is 11.4 Å². The smallest absolute Gasteiger partial charge is 0.308 e. The second-order valence-corrected chi connectivity index (χ2v) is 8.72. The highest BCUT2D eigenvalue weighted by atomic mass is 32.1. The fourth-order valence-electron chi connectivity index (χ4n) is 3.31. The number of benzene rings is 1. The third-order valence-corrected chi connectivity index (χ3v) is 6.13. The fourth-order valence-corrected chi connectivity index (χ4v) is 4.00. The number of morpholine rings is 1. The Balaban J connectivity index is 1.32. The number of nitrogens with zero attached hydrogens (tertiary/aromatic N) is 1. The largest absolute Gasteiger partial charge is 0.452 e. The van der Waals surface area contributed by atoms with Crippen LogP contribution >= 0.6 is 11.3 Å². The maximum atomic E-state index is 12.3. The number of thiophene rings is 1. The zero-order valence-electron chi connectivity index (χ0n) is 19.1. The number of ether oxygens (including phenoxy) is 2. The molecule has 1 aromatic carbocycles. The molecule has 0 saturated carbocycles. The van der Waals surface area contributed by atoms with Crippen LogP contribution in [0.25, 0.3) is 0 Å². The molecule has 2 aromatic rings. The van der Waals surface area contributed by atoms with E-state index in [1.807, 2.05) is 17.5 Å². The lowest BCUT2D eigenvalue weighted by molar-refractivity contribution is -0.153. The van der Waals surface area contributed by atoms with E-state index in [1.165, 1.54) is 18.3 Å². The van der Waals surface area contributed by atoms with Crippen molar-refractivity contribution in [2.45, 2.75) is 32.3 Å². The van der Waals surface area contributed by atoms with Crippen molar-refractivity contribution >= 4 is 46.3 Å². The monoisotopic (exact) mass is 487 g/mol. The van der Waals surface area contributed by atoms with Crippen molar-refractivity contribution in [3.8, 4) is 0 Å². The molecule has 10 heteroatoms. The van der Waals surface area contributed by atoms with Crippen LogP contribution in [0, 0.1) is 0 Å². The van der Waals surface area contributed by atoms with Gasteiger partial charge in [-0.2, -0.15) is 0 Å². The molecule has 9 nitrogen and oxygen atoms in total. The number of rotatable bonds is 11. The van der Waals surface area contributed by atoms with Crippen LogP contribution in [-0.2, 0) is 23.9 Å². The van der Waals surface area contributed by atoms with Crippen LogP contribution in [0.1, 0.15) is 35.9 Å². The summed E-state index contributed by atoms with van der Waals surface area (Å²) in [6, 6.07) is 11.0. The van der Waals surface area contributed by atoms with Gasteiger partial charge in [-0.15, -0.1) is 11.3 Å². The number of carbonyl (C=O) groups is 4. The lowest BCUT2D eigenvalue weighted by atomic mass is 10.2. The first-order valence-electron chi connectivity index (χ1n) is 11.2. The number of hydrogen-bond donors (Lipinski definition) is 2. The van der Waals surface area contributed by atoms with Crippen LogP contribution in [0.3, 0.4) is 0 Å². The number of hydrogen-bond acceptors (Lipinski definition) is 8. The van der Waals surface area contributed by atoms with E-state index >= 15 is 0 Å². The molecular formula is C24H29N3O6S. The van der Waals surface area contributed by atoms with Gasteiger partial charge >= 0.3 is 5.97 Å². The SMILES string of the molecule is C[C@H](OC(=O)CCNC(=O)CCC(=O)c1cccs1)C(=O)Nc1ccc(N2CCOCC2)cc1. The first-order chi connectivity index (χ1) is 16.4. The van der Waals surface area contributed by atoms with E-state index in [9.17, 15) is 19.2 Å². The van der Waals surface area contributed by atoms with Gasteiger partial charge in [0.2, 0.25) is 5.91 Å². The summed E-state index contributed by atoms with van der Waals surface area (Å²) in [5.74, 6) is -1.44. The minimum Gasteiger partial charge on any atom is -0.452 e. The topological polar surface area (TPSA) is 114 Å². The zero-order chi connectivity index (χ0) is 24.3. The Hall–Kier alpha value is -3.24. The van der Waals surface area contributed by atoms with Crippen molar-refractivity contribution < 1.29 is 28.7 Å². The predicted molar refractivity (Wildman–Crippen MR) is 129 cm³/mol. The van der Waals surface area contributed by atoms with Gasteiger partial charge in [-0.05, 0) is 42.6 Å². The van der Waals surface area contributed by atoms with Crippen molar-refractivity contribution in [2.24, 2.45) is 0 Å². The Morgan fingerprint density at radius 1 is 1.06 bits per heavy atom. The van der Waals surface area contributed by atoms with Gasteiger partial charge in [0.25, 0.3) is 5.91 Å². The van der Waals surface area contributed by atoms with Crippen molar-refractivity contribution in [3.63, 3.8) is 0 Å². The molecule has 0 radical (unpaired) electrons. The van der Waals surface area contributed by atoms with E-state index in [1.54, 1.807) is 24.3 Å². The van der Waals surface area contributed by atoms with Crippen LogP contribution in [0.2, 0.25) is 0 Å². The quantitative estimate of drug-likeness (QED) is 0.370. The normalized spacial score (nSPS) is 14.2. The van der Waals surface area contributed by atoms with Crippen molar-refractivity contribution in [3.05, 3.63) is 46.7 Å². The minimum absolute atomic E-state index is 0.0505. The maximum absolute atomic E-state index is 12.3. The van der Waals surface area contributed by atoms with E-state index in [4.69, 9.17) is 9.47 Å². The Labute approximate surface area is 202 Å². The number of esters is 1. The predicted octanol–water partition coefficient (Wildman–Crippen LogP) is 2.62. The van der Waals surface area contributed by atoms with Gasteiger partial charge in [-0.25, -0.2) is 0 Å². The first kappa shape index (κ1) is 25.4. The van der Waals surface area contributed by atoms with Gasteiger partial charge in [-0.3, -0.25) is 19.2 Å². The number of nitrogens with one attached hydrogen (secondary N) is 2. The van der Waals surface area contributed by atoms with Crippen LogP contribution < -0.4 is 15.5 Å². The highest BCUT2D eigenvalue weighted by Gasteiger charge is 2.19. The van der Waals surface area contributed by atoms with Crippen LogP contribution in [0.15, 0.2) is 41.8 Å². The molecule has 34 heavy (non-hydrogen) atoms. The second-order valence-electron chi connectivity index (χ2n) is 7.77. The molecule has 182 valence electrons. The summed E-state index contributed by atoms with van der Waals surface area (Å²) in [7, 11) is 0. The van der Waals surface area contributed by atoms with Crippen LogP contribution in [0.5, 0.6) is 0 Å². The Bertz CT molecular complexity index is 971. The molecule has 1 aliphatic heterocycles. The zero-order valence-corrected chi connectivity index (χ0v) is 19.9. The lowest BCUT2D eigenvalue weighted by Gasteiger charge is -2.28. The number of amides is 2. The van der Waals surface area contributed by atoms with E-state index in [0.717, 1.165) is 18.8 Å². The Morgan fingerprint density at radius 2 is 1.79 bits per heavy atom. The molecule has 0 bridgehead atoms. The minimum atomic E-state index is -0.981. The molecular weight excluding hydrogens is 458 g/mol. The third-order valence-electron chi connectivity index (χ3n) is 5.21. The van der Waals surface area contributed by atoms with Crippen LogP contribution in [-0.4, -0.2) is 62.5 Å². The molecule has 1 aliphatic rings. The van der Waals surface area contributed by atoms with E-state index in [0.29, 0.717) is 23.8 Å². The molecule has 2 heterocycles. The number of ketones is 1. The van der Waals surface area contributed by atoms with Gasteiger partial charge in [0.15, 0.2) is 11.9 Å². The fraction of sp³-hybridized carbons (Fsp3) is 0.417. The van der Waals surface area contributed by atoms with Gasteiger partial charge < -0.3 is 25.0 Å². The Morgan fingerprint density at radius 3 is 2.47 bits per heavy atom. The average molecular weight is 488 g/mol. The average Bonchev–Trinajstić information content (AvgIpc) is 3.39. The van der Waals surface area contributed by atoms with Crippen molar-refractivity contribution in [1.29, 1.82) is 0 Å². The summed E-state index contributed by atoms with van der Waals surface area (Å²) >= 11 is 1.34. The van der Waals surface area contributed by atoms with E-state index < -0.39 is 18.0 Å². The summed E-state index contributed by atoms with van der Waals surface area (Å²) in [5, 5.41) is 7.13. The van der Waals surface area contributed by atoms with Gasteiger partial charge in [0.05, 0.1) is 24.5 Å². The second kappa shape index (κ2) is 12.9. The molecule has 2 amide bonds. The van der Waals surface area contributed by atoms with Crippen molar-refractivity contribution in [2.75, 3.05) is 43.1 Å². The summed E-state index contributed by atoms with van der Waals surface area (Å²) in [6.07, 6.45) is -0.891. The molecule has 1 atom stereocenters. The first-order valence-corrected chi connectivity index (χ1v) is 12.1. The highest BCUT2D eigenvalue weighted by molar-refractivity contribution is 7.12. The molecule has 3 rings (SSSR count). The molecule has 2 N–H and O–H groups in total. The number of anilines is 2. The van der Waals surface area contributed by atoms with Crippen molar-refractivity contribution in [1.82, 2.24) is 5.32 Å². The van der Waals surface area contributed by atoms with Gasteiger partial charge in [0.1, 0.15) is 0 Å². The summed E-state index contributed by atoms with van der Waals surface area (Å²) < 4.78 is 10.5. The molecule has 1 aromatic heterocycles. The van der Waals surface area contributed by atoms with Gasteiger partial charge in [0, 0.05) is 43.9 Å². The summed E-state index contributed by atoms with van der Waals surface area (Å²) in [4.78, 5) is 51.0. The van der Waals surface area contributed by atoms with E-state index in [2.05, 4.69) is 15.5 Å². The molecule has 1 fully saturated rings. The third kappa shape index (κ3) is 7.96. The highest BCUT2D eigenvalue weighted by Crippen LogP contribution is 2.19. The summed E-state index contributed by atoms with van der Waals surface area (Å²) in [6.45, 7) is 4.60.